The number of aliphatic imine (C=N–C) groups is 1. The molecule has 1 atom stereocenters. The number of ether oxygens (including phenoxy) is 1. The monoisotopic (exact) mass is 419 g/mol. The summed E-state index contributed by atoms with van der Waals surface area (Å²) in [7, 11) is 6.02. The van der Waals surface area contributed by atoms with Crippen molar-refractivity contribution in [3.8, 4) is 0 Å². The minimum Gasteiger partial charge on any atom is -0.494 e. The summed E-state index contributed by atoms with van der Waals surface area (Å²) in [6.07, 6.45) is 18.1. The minimum absolute atomic E-state index is 0.610. The number of methoxy groups -OCH3 is 1. The van der Waals surface area contributed by atoms with Crippen LogP contribution in [0.2, 0.25) is 0 Å². The van der Waals surface area contributed by atoms with Crippen molar-refractivity contribution in [3.63, 3.8) is 0 Å². The summed E-state index contributed by atoms with van der Waals surface area (Å²) in [5.74, 6) is 1.45. The van der Waals surface area contributed by atoms with Gasteiger partial charge in [-0.3, -0.25) is 0 Å². The first-order chi connectivity index (χ1) is 15.1. The van der Waals surface area contributed by atoms with Crippen molar-refractivity contribution in [2.75, 3.05) is 7.11 Å². The molecule has 4 heteroatoms. The summed E-state index contributed by atoms with van der Waals surface area (Å²) in [6.45, 7) is 2.34. The lowest BCUT2D eigenvalue weighted by Gasteiger charge is -2.16. The highest BCUT2D eigenvalue weighted by molar-refractivity contribution is 6.11. The molecule has 0 amide bonds. The van der Waals surface area contributed by atoms with Gasteiger partial charge in [0, 0.05) is 37.8 Å². The molecule has 166 valence electrons. The van der Waals surface area contributed by atoms with Crippen molar-refractivity contribution in [2.45, 2.75) is 70.6 Å². The zero-order valence-corrected chi connectivity index (χ0v) is 19.7. The van der Waals surface area contributed by atoms with Gasteiger partial charge in [0.25, 0.3) is 0 Å². The second-order valence-corrected chi connectivity index (χ2v) is 9.04. The molecule has 0 aromatic carbocycles. The van der Waals surface area contributed by atoms with Gasteiger partial charge in [-0.25, -0.2) is 4.99 Å². The van der Waals surface area contributed by atoms with Gasteiger partial charge in [0.2, 0.25) is 0 Å². The predicted octanol–water partition coefficient (Wildman–Crippen LogP) is 6.52. The standard InChI is InChI=1S/C27H37N3O/c1-5-20-13-10-8-6-7-9-11-14-21-17-22(20)26(30(21)3)18-24-27(31-4)19-23(28-24)25-15-12-16-29(25)2/h12,15-20H,5-11,13-14H2,1-4H3. The number of fused-ring (bicyclic) bond motifs is 2. The topological polar surface area (TPSA) is 31.4 Å². The molecule has 0 spiro atoms. The number of allylic oxidation sites excluding steroid dienone is 1. The first-order valence-electron chi connectivity index (χ1n) is 12.0. The first kappa shape index (κ1) is 21.7. The molecule has 2 bridgehead atoms. The van der Waals surface area contributed by atoms with E-state index >= 15 is 0 Å². The second-order valence-electron chi connectivity index (χ2n) is 9.04. The number of rotatable bonds is 4. The first-order valence-corrected chi connectivity index (χ1v) is 12.0. The minimum atomic E-state index is 0.610. The summed E-state index contributed by atoms with van der Waals surface area (Å²) < 4.78 is 10.2. The smallest absolute Gasteiger partial charge is 0.146 e. The van der Waals surface area contributed by atoms with Crippen LogP contribution in [0.5, 0.6) is 0 Å². The van der Waals surface area contributed by atoms with Gasteiger partial charge in [-0.2, -0.15) is 0 Å². The van der Waals surface area contributed by atoms with Crippen LogP contribution < -0.4 is 0 Å². The van der Waals surface area contributed by atoms with Gasteiger partial charge in [0.05, 0.1) is 18.5 Å². The Kier molecular flexibility index (Phi) is 6.84. The molecular weight excluding hydrogens is 382 g/mol. The molecule has 1 aliphatic heterocycles. The van der Waals surface area contributed by atoms with Crippen molar-refractivity contribution in [1.82, 2.24) is 9.13 Å². The van der Waals surface area contributed by atoms with Crippen LogP contribution in [0.4, 0.5) is 0 Å². The Hall–Kier alpha value is -2.49. The fourth-order valence-corrected chi connectivity index (χ4v) is 5.10. The normalized spacial score (nSPS) is 21.4. The fourth-order valence-electron chi connectivity index (χ4n) is 5.10. The van der Waals surface area contributed by atoms with Gasteiger partial charge in [-0.05, 0) is 61.4 Å². The number of nitrogens with zero attached hydrogens (tertiary/aromatic N) is 3. The maximum atomic E-state index is 5.74. The average Bonchev–Trinajstić information content (AvgIpc) is 3.45. The van der Waals surface area contributed by atoms with Gasteiger partial charge < -0.3 is 13.9 Å². The van der Waals surface area contributed by atoms with Crippen molar-refractivity contribution < 1.29 is 4.74 Å². The molecule has 0 saturated heterocycles. The Morgan fingerprint density at radius 3 is 2.61 bits per heavy atom. The molecule has 2 aromatic rings. The van der Waals surface area contributed by atoms with E-state index < -0.39 is 0 Å². The van der Waals surface area contributed by atoms with Gasteiger partial charge in [0.15, 0.2) is 0 Å². The molecule has 3 heterocycles. The maximum absolute atomic E-state index is 5.74. The van der Waals surface area contributed by atoms with E-state index in [1.54, 1.807) is 7.11 Å². The van der Waals surface area contributed by atoms with Crippen molar-refractivity contribution in [2.24, 2.45) is 19.1 Å². The lowest BCUT2D eigenvalue weighted by atomic mass is 9.89. The van der Waals surface area contributed by atoms with E-state index in [1.807, 2.05) is 0 Å². The molecular formula is C27H37N3O. The molecule has 31 heavy (non-hydrogen) atoms. The average molecular weight is 420 g/mol. The summed E-state index contributed by atoms with van der Waals surface area (Å²) in [4.78, 5) is 4.98. The Labute approximate surface area is 187 Å². The molecule has 4 nitrogen and oxygen atoms in total. The maximum Gasteiger partial charge on any atom is 0.146 e. The third-order valence-corrected chi connectivity index (χ3v) is 7.04. The van der Waals surface area contributed by atoms with E-state index in [-0.39, 0.29) is 0 Å². The quantitative estimate of drug-likeness (QED) is 0.555. The molecule has 0 saturated carbocycles. The lowest BCUT2D eigenvalue weighted by Crippen LogP contribution is -2.02. The van der Waals surface area contributed by atoms with Crippen molar-refractivity contribution >= 4 is 11.8 Å². The third kappa shape index (κ3) is 4.58. The zero-order chi connectivity index (χ0) is 21.8. The van der Waals surface area contributed by atoms with Crippen LogP contribution in [-0.4, -0.2) is 22.0 Å². The Bertz CT molecular complexity index is 1000. The van der Waals surface area contributed by atoms with Crippen LogP contribution in [0.25, 0.3) is 6.08 Å². The van der Waals surface area contributed by atoms with Crippen molar-refractivity contribution in [1.29, 1.82) is 0 Å². The summed E-state index contributed by atoms with van der Waals surface area (Å²) in [5, 5.41) is 0. The molecule has 0 radical (unpaired) electrons. The molecule has 0 N–H and O–H groups in total. The van der Waals surface area contributed by atoms with E-state index in [1.165, 1.54) is 68.3 Å². The molecule has 4 rings (SSSR count). The Balaban J connectivity index is 1.76. The molecule has 2 aromatic heterocycles. The molecule has 0 fully saturated rings. The van der Waals surface area contributed by atoms with E-state index in [2.05, 4.69) is 66.7 Å². The van der Waals surface area contributed by atoms with Crippen LogP contribution >= 0.6 is 0 Å². The van der Waals surface area contributed by atoms with E-state index in [0.717, 1.165) is 29.3 Å². The Morgan fingerprint density at radius 2 is 1.90 bits per heavy atom. The molecule has 1 unspecified atom stereocenters. The highest BCUT2D eigenvalue weighted by atomic mass is 16.5. The largest absolute Gasteiger partial charge is 0.494 e. The van der Waals surface area contributed by atoms with E-state index in [9.17, 15) is 0 Å². The molecule has 1 aliphatic carbocycles. The summed E-state index contributed by atoms with van der Waals surface area (Å²) >= 11 is 0. The van der Waals surface area contributed by atoms with E-state index in [4.69, 9.17) is 9.73 Å². The zero-order valence-electron chi connectivity index (χ0n) is 19.7. The lowest BCUT2D eigenvalue weighted by molar-refractivity contribution is 0.303. The van der Waals surface area contributed by atoms with Gasteiger partial charge in [0.1, 0.15) is 11.5 Å². The summed E-state index contributed by atoms with van der Waals surface area (Å²) in [5.41, 5.74) is 7.24. The van der Waals surface area contributed by atoms with Crippen molar-refractivity contribution in [3.05, 3.63) is 64.6 Å². The molecule has 2 aliphatic rings. The number of hydrogen-bond donors (Lipinski definition) is 0. The van der Waals surface area contributed by atoms with Crippen LogP contribution in [0.3, 0.4) is 0 Å². The predicted molar refractivity (Wildman–Crippen MR) is 129 cm³/mol. The van der Waals surface area contributed by atoms with Crippen LogP contribution in [0.1, 0.15) is 86.9 Å². The van der Waals surface area contributed by atoms with Crippen LogP contribution in [0, 0.1) is 0 Å². The van der Waals surface area contributed by atoms with E-state index in [0.29, 0.717) is 5.92 Å². The Morgan fingerprint density at radius 1 is 1.13 bits per heavy atom. The second kappa shape index (κ2) is 9.76. The number of aryl methyl sites for hydroxylation is 2. The highest BCUT2D eigenvalue weighted by Crippen LogP contribution is 2.35. The number of hydrogen-bond acceptors (Lipinski definition) is 2. The summed E-state index contributed by atoms with van der Waals surface area (Å²) in [6, 6.07) is 6.64. The van der Waals surface area contributed by atoms with Gasteiger partial charge in [-0.15, -0.1) is 0 Å². The fraction of sp³-hybridized carbons (Fsp3) is 0.519. The van der Waals surface area contributed by atoms with Crippen LogP contribution in [-0.2, 0) is 25.3 Å². The SMILES string of the molecule is CCC1CCCCCCCCc2cc1c(C=C1N=C(c3cccn3C)C=C1OC)n2C. The van der Waals surface area contributed by atoms with Gasteiger partial charge in [-0.1, -0.05) is 39.0 Å². The highest BCUT2D eigenvalue weighted by Gasteiger charge is 2.23. The van der Waals surface area contributed by atoms with Gasteiger partial charge >= 0.3 is 0 Å². The van der Waals surface area contributed by atoms with Crippen LogP contribution in [0.15, 0.2) is 46.9 Å². The third-order valence-electron chi connectivity index (χ3n) is 7.04. The number of aromatic nitrogens is 2.